The van der Waals surface area contributed by atoms with Crippen LogP contribution in [0.1, 0.15) is 5.69 Å². The molecular weight excluding hydrogens is 250 g/mol. The Bertz CT molecular complexity index is 618. The molecule has 0 atom stereocenters. The van der Waals surface area contributed by atoms with E-state index in [2.05, 4.69) is 42.1 Å². The van der Waals surface area contributed by atoms with Crippen LogP contribution in [0.2, 0.25) is 0 Å². The second-order valence-electron chi connectivity index (χ2n) is 5.69. The minimum Gasteiger partial charge on any atom is -0.497 e. The molecule has 1 aliphatic rings. The Morgan fingerprint density at radius 2 is 1.95 bits per heavy atom. The number of hydrogen-bond acceptors (Lipinski definition) is 2. The molecule has 1 aromatic heterocycles. The molecule has 106 valence electrons. The highest BCUT2D eigenvalue weighted by Gasteiger charge is 2.21. The van der Waals surface area contributed by atoms with Gasteiger partial charge in [0.05, 0.1) is 51.4 Å². The summed E-state index contributed by atoms with van der Waals surface area (Å²) in [4.78, 5) is 7.55. The molecule has 0 bridgehead atoms. The van der Waals surface area contributed by atoms with Gasteiger partial charge in [0.1, 0.15) is 5.75 Å². The SMILES string of the molecule is COc1ccc2[nH+]c(C)cc(N3CC[NH+](C)CC3)c2c1. The number of quaternary nitrogens is 1. The van der Waals surface area contributed by atoms with Crippen LogP contribution < -0.4 is 19.5 Å². The van der Waals surface area contributed by atoms with E-state index in [0.717, 1.165) is 18.8 Å². The summed E-state index contributed by atoms with van der Waals surface area (Å²) in [5.41, 5.74) is 3.69. The minimum atomic E-state index is 0.913. The summed E-state index contributed by atoms with van der Waals surface area (Å²) in [6.07, 6.45) is 0. The summed E-state index contributed by atoms with van der Waals surface area (Å²) in [6.45, 7) is 6.74. The topological polar surface area (TPSA) is 31.1 Å². The number of benzene rings is 1. The van der Waals surface area contributed by atoms with E-state index in [0.29, 0.717) is 0 Å². The number of nitrogens with zero attached hydrogens (tertiary/aromatic N) is 1. The van der Waals surface area contributed by atoms with Crippen LogP contribution in [0.25, 0.3) is 10.9 Å². The smallest absolute Gasteiger partial charge is 0.213 e. The average molecular weight is 273 g/mol. The number of H-pyrrole nitrogens is 1. The first kappa shape index (κ1) is 13.2. The third-order valence-corrected chi connectivity index (χ3v) is 4.15. The quantitative estimate of drug-likeness (QED) is 0.853. The number of aromatic nitrogens is 1. The molecular formula is C16H23N3O+2. The highest BCUT2D eigenvalue weighted by molar-refractivity contribution is 5.90. The van der Waals surface area contributed by atoms with E-state index in [1.807, 2.05) is 6.07 Å². The van der Waals surface area contributed by atoms with Crippen LogP contribution in [-0.2, 0) is 0 Å². The lowest BCUT2D eigenvalue weighted by atomic mass is 10.1. The molecule has 4 nitrogen and oxygen atoms in total. The molecule has 1 fully saturated rings. The first-order chi connectivity index (χ1) is 9.67. The fourth-order valence-corrected chi connectivity index (χ4v) is 2.89. The van der Waals surface area contributed by atoms with Crippen molar-refractivity contribution in [1.82, 2.24) is 0 Å². The van der Waals surface area contributed by atoms with E-state index in [-0.39, 0.29) is 0 Å². The number of anilines is 1. The molecule has 2 aromatic rings. The Kier molecular flexibility index (Phi) is 3.49. The Labute approximate surface area is 120 Å². The van der Waals surface area contributed by atoms with Gasteiger partial charge in [0.15, 0.2) is 5.69 Å². The summed E-state index contributed by atoms with van der Waals surface area (Å²) in [7, 11) is 3.99. The Morgan fingerprint density at radius 3 is 2.65 bits per heavy atom. The second kappa shape index (κ2) is 5.29. The van der Waals surface area contributed by atoms with Crippen molar-refractivity contribution in [3.05, 3.63) is 30.0 Å². The number of methoxy groups -OCH3 is 1. The minimum absolute atomic E-state index is 0.913. The predicted molar refractivity (Wildman–Crippen MR) is 80.6 cm³/mol. The van der Waals surface area contributed by atoms with E-state index < -0.39 is 0 Å². The number of nitrogens with one attached hydrogen (secondary N) is 2. The second-order valence-corrected chi connectivity index (χ2v) is 5.69. The van der Waals surface area contributed by atoms with Crippen molar-refractivity contribution in [2.75, 3.05) is 45.2 Å². The summed E-state index contributed by atoms with van der Waals surface area (Å²) in [5.74, 6) is 0.913. The number of aromatic amines is 1. The first-order valence-electron chi connectivity index (χ1n) is 7.24. The van der Waals surface area contributed by atoms with Crippen molar-refractivity contribution in [2.24, 2.45) is 0 Å². The number of piperazine rings is 1. The number of hydrogen-bond donors (Lipinski definition) is 1. The van der Waals surface area contributed by atoms with Crippen molar-refractivity contribution in [3.63, 3.8) is 0 Å². The van der Waals surface area contributed by atoms with Crippen LogP contribution in [0.15, 0.2) is 24.3 Å². The van der Waals surface area contributed by atoms with Crippen LogP contribution in [-0.4, -0.2) is 40.3 Å². The maximum atomic E-state index is 5.38. The van der Waals surface area contributed by atoms with Gasteiger partial charge < -0.3 is 14.5 Å². The third kappa shape index (κ3) is 2.43. The summed E-state index contributed by atoms with van der Waals surface area (Å²) < 4.78 is 5.38. The molecule has 0 aliphatic carbocycles. The fourth-order valence-electron chi connectivity index (χ4n) is 2.89. The molecule has 2 heterocycles. The zero-order valence-corrected chi connectivity index (χ0v) is 12.5. The van der Waals surface area contributed by atoms with Crippen molar-refractivity contribution < 1.29 is 14.6 Å². The molecule has 0 spiro atoms. The molecule has 1 aliphatic heterocycles. The molecule has 1 aromatic carbocycles. The number of fused-ring (bicyclic) bond motifs is 1. The average Bonchev–Trinajstić information content (AvgIpc) is 2.47. The van der Waals surface area contributed by atoms with Gasteiger partial charge in [0.25, 0.3) is 0 Å². The maximum Gasteiger partial charge on any atom is 0.213 e. The number of rotatable bonds is 2. The molecule has 20 heavy (non-hydrogen) atoms. The van der Waals surface area contributed by atoms with Crippen molar-refractivity contribution in [3.8, 4) is 5.75 Å². The van der Waals surface area contributed by atoms with Gasteiger partial charge in [-0.2, -0.15) is 0 Å². The molecule has 3 rings (SSSR count). The van der Waals surface area contributed by atoms with Crippen molar-refractivity contribution in [1.29, 1.82) is 0 Å². The van der Waals surface area contributed by atoms with E-state index in [9.17, 15) is 0 Å². The lowest BCUT2D eigenvalue weighted by molar-refractivity contribution is -0.880. The van der Waals surface area contributed by atoms with Gasteiger partial charge in [-0.25, -0.2) is 4.98 Å². The lowest BCUT2D eigenvalue weighted by Gasteiger charge is -2.32. The fraction of sp³-hybridized carbons (Fsp3) is 0.438. The van der Waals surface area contributed by atoms with Gasteiger partial charge >= 0.3 is 0 Å². The zero-order valence-electron chi connectivity index (χ0n) is 12.5. The van der Waals surface area contributed by atoms with E-state index in [4.69, 9.17) is 4.74 Å². The molecule has 1 saturated heterocycles. The van der Waals surface area contributed by atoms with Crippen LogP contribution >= 0.6 is 0 Å². The standard InChI is InChI=1S/C16H21N3O/c1-12-10-16(19-8-6-18(2)7-9-19)14-11-13(20-3)4-5-15(14)17-12/h4-5,10-11H,6-9H2,1-3H3/p+2. The Hall–Kier alpha value is -1.81. The third-order valence-electron chi connectivity index (χ3n) is 4.15. The van der Waals surface area contributed by atoms with Gasteiger partial charge in [-0.05, 0) is 12.1 Å². The van der Waals surface area contributed by atoms with Gasteiger partial charge in [-0.15, -0.1) is 0 Å². The normalized spacial score (nSPS) is 16.6. The molecule has 0 unspecified atom stereocenters. The molecule has 0 amide bonds. The highest BCUT2D eigenvalue weighted by atomic mass is 16.5. The number of pyridine rings is 1. The van der Waals surface area contributed by atoms with Gasteiger partial charge in [-0.3, -0.25) is 0 Å². The van der Waals surface area contributed by atoms with Crippen LogP contribution in [0, 0.1) is 6.92 Å². The first-order valence-corrected chi connectivity index (χ1v) is 7.24. The van der Waals surface area contributed by atoms with Crippen molar-refractivity contribution in [2.45, 2.75) is 6.92 Å². The maximum absolute atomic E-state index is 5.38. The Balaban J connectivity index is 2.08. The molecule has 0 radical (unpaired) electrons. The summed E-state index contributed by atoms with van der Waals surface area (Å²) >= 11 is 0. The molecule has 4 heteroatoms. The largest absolute Gasteiger partial charge is 0.497 e. The van der Waals surface area contributed by atoms with Gasteiger partial charge in [0, 0.05) is 19.1 Å². The van der Waals surface area contributed by atoms with Crippen molar-refractivity contribution >= 4 is 16.6 Å². The zero-order chi connectivity index (χ0) is 14.1. The summed E-state index contributed by atoms with van der Waals surface area (Å²) in [5, 5.41) is 1.24. The predicted octanol–water partition coefficient (Wildman–Crippen LogP) is 0.306. The van der Waals surface area contributed by atoms with E-state index in [1.54, 1.807) is 12.0 Å². The Morgan fingerprint density at radius 1 is 1.20 bits per heavy atom. The molecule has 2 N–H and O–H groups in total. The number of aryl methyl sites for hydroxylation is 1. The highest BCUT2D eigenvalue weighted by Crippen LogP contribution is 2.28. The lowest BCUT2D eigenvalue weighted by Crippen LogP contribution is -3.12. The van der Waals surface area contributed by atoms with E-state index in [1.165, 1.54) is 35.4 Å². The van der Waals surface area contributed by atoms with E-state index >= 15 is 0 Å². The molecule has 0 saturated carbocycles. The van der Waals surface area contributed by atoms with Crippen LogP contribution in [0.5, 0.6) is 5.75 Å². The monoisotopic (exact) mass is 273 g/mol. The van der Waals surface area contributed by atoms with Gasteiger partial charge in [-0.1, -0.05) is 0 Å². The number of ether oxygens (including phenoxy) is 1. The number of likely N-dealkylation sites (N-methyl/N-ethyl adjacent to an activating group) is 1. The van der Waals surface area contributed by atoms with Gasteiger partial charge in [0.2, 0.25) is 5.52 Å². The van der Waals surface area contributed by atoms with Crippen LogP contribution in [0.4, 0.5) is 5.69 Å². The van der Waals surface area contributed by atoms with Crippen LogP contribution in [0.3, 0.4) is 0 Å². The summed E-state index contributed by atoms with van der Waals surface area (Å²) in [6, 6.07) is 8.50.